The van der Waals surface area contributed by atoms with Gasteiger partial charge in [-0.2, -0.15) is 0 Å². The van der Waals surface area contributed by atoms with Gasteiger partial charge in [-0.05, 0) is 65.4 Å². The van der Waals surface area contributed by atoms with Gasteiger partial charge in [0.05, 0.1) is 0 Å². The summed E-state index contributed by atoms with van der Waals surface area (Å²) in [6, 6.07) is 13.7. The Morgan fingerprint density at radius 2 is 2.05 bits per heavy atom. The molecule has 1 atom stereocenters. The predicted octanol–water partition coefficient (Wildman–Crippen LogP) is 2.69. The molecule has 0 aliphatic carbocycles. The lowest BCUT2D eigenvalue weighted by atomic mass is 10.2. The van der Waals surface area contributed by atoms with Crippen LogP contribution in [0.4, 0.5) is 5.82 Å². The van der Waals surface area contributed by atoms with Gasteiger partial charge in [0.1, 0.15) is 5.82 Å². The summed E-state index contributed by atoms with van der Waals surface area (Å²) in [7, 11) is 0. The normalized spacial score (nSPS) is 17.8. The van der Waals surface area contributed by atoms with Crippen molar-refractivity contribution in [2.75, 3.05) is 18.0 Å². The van der Waals surface area contributed by atoms with Gasteiger partial charge in [0, 0.05) is 34.5 Å². The van der Waals surface area contributed by atoms with E-state index in [9.17, 15) is 4.79 Å². The van der Waals surface area contributed by atoms with E-state index in [4.69, 9.17) is 0 Å². The van der Waals surface area contributed by atoms with E-state index in [2.05, 4.69) is 37.8 Å². The van der Waals surface area contributed by atoms with E-state index >= 15 is 0 Å². The molecule has 2 aromatic rings. The number of hydrogen-bond donors (Lipinski definition) is 1. The van der Waals surface area contributed by atoms with E-state index in [1.165, 1.54) is 0 Å². The number of carbonyl (C=O) groups excluding carboxylic acids is 1. The second-order valence-corrected chi connectivity index (χ2v) is 6.35. The van der Waals surface area contributed by atoms with Crippen molar-refractivity contribution >= 4 is 34.3 Å². The van der Waals surface area contributed by atoms with Gasteiger partial charge in [0.25, 0.3) is 5.91 Å². The Hall–Kier alpha value is -1.63. The molecule has 1 amide bonds. The molecule has 0 bridgehead atoms. The highest BCUT2D eigenvalue weighted by atomic mass is 127. The van der Waals surface area contributed by atoms with Crippen molar-refractivity contribution in [2.24, 2.45) is 0 Å². The number of anilines is 1. The van der Waals surface area contributed by atoms with Gasteiger partial charge in [0.15, 0.2) is 0 Å². The Kier molecular flexibility index (Phi) is 4.38. The van der Waals surface area contributed by atoms with Gasteiger partial charge >= 0.3 is 0 Å². The molecule has 0 spiro atoms. The first-order chi connectivity index (χ1) is 10.2. The number of hydrogen-bond acceptors (Lipinski definition) is 3. The number of nitrogens with zero attached hydrogens (tertiary/aromatic N) is 2. The van der Waals surface area contributed by atoms with E-state index in [1.54, 1.807) is 6.20 Å². The van der Waals surface area contributed by atoms with Crippen LogP contribution < -0.4 is 10.2 Å². The quantitative estimate of drug-likeness (QED) is 0.816. The smallest absolute Gasteiger partial charge is 0.251 e. The van der Waals surface area contributed by atoms with Crippen LogP contribution in [0, 0.1) is 3.57 Å². The summed E-state index contributed by atoms with van der Waals surface area (Å²) in [6.07, 6.45) is 2.75. The minimum atomic E-state index is -0.000675. The zero-order chi connectivity index (χ0) is 14.7. The summed E-state index contributed by atoms with van der Waals surface area (Å²) in [5.74, 6) is 0.975. The van der Waals surface area contributed by atoms with Crippen LogP contribution in [0.15, 0.2) is 48.7 Å². The third kappa shape index (κ3) is 3.53. The average molecular weight is 393 g/mol. The van der Waals surface area contributed by atoms with Gasteiger partial charge in [-0.25, -0.2) is 4.98 Å². The minimum Gasteiger partial charge on any atom is -0.354 e. The van der Waals surface area contributed by atoms with E-state index in [1.807, 2.05) is 42.5 Å². The molecule has 1 unspecified atom stereocenters. The number of nitrogens with one attached hydrogen (secondary N) is 1. The van der Waals surface area contributed by atoms with Crippen molar-refractivity contribution in [2.45, 2.75) is 12.5 Å². The fourth-order valence-electron chi connectivity index (χ4n) is 2.50. The number of benzene rings is 1. The summed E-state index contributed by atoms with van der Waals surface area (Å²) in [6.45, 7) is 1.74. The number of amides is 1. The summed E-state index contributed by atoms with van der Waals surface area (Å²) in [5, 5.41) is 3.10. The van der Waals surface area contributed by atoms with E-state index in [0.717, 1.165) is 28.9 Å². The third-order valence-electron chi connectivity index (χ3n) is 3.60. The first kappa shape index (κ1) is 14.3. The molecule has 21 heavy (non-hydrogen) atoms. The van der Waals surface area contributed by atoms with Gasteiger partial charge < -0.3 is 10.2 Å². The van der Waals surface area contributed by atoms with Crippen LogP contribution in [0.3, 0.4) is 0 Å². The molecule has 1 N–H and O–H groups in total. The number of carbonyl (C=O) groups is 1. The summed E-state index contributed by atoms with van der Waals surface area (Å²) < 4.78 is 1.13. The van der Waals surface area contributed by atoms with Gasteiger partial charge in [-0.15, -0.1) is 0 Å². The van der Waals surface area contributed by atoms with Crippen LogP contribution in [0.1, 0.15) is 16.8 Å². The zero-order valence-corrected chi connectivity index (χ0v) is 13.7. The lowest BCUT2D eigenvalue weighted by molar-refractivity contribution is 0.0940. The maximum Gasteiger partial charge on any atom is 0.251 e. The van der Waals surface area contributed by atoms with Crippen molar-refractivity contribution in [3.63, 3.8) is 0 Å². The van der Waals surface area contributed by atoms with Crippen molar-refractivity contribution < 1.29 is 4.79 Å². The van der Waals surface area contributed by atoms with E-state index < -0.39 is 0 Å². The molecule has 1 aliphatic heterocycles. The molecule has 108 valence electrons. The Morgan fingerprint density at radius 3 is 2.76 bits per heavy atom. The number of aromatic nitrogens is 1. The number of halogens is 1. The van der Waals surface area contributed by atoms with Crippen LogP contribution in [0.5, 0.6) is 0 Å². The molecule has 0 radical (unpaired) electrons. The van der Waals surface area contributed by atoms with E-state index in [0.29, 0.717) is 5.56 Å². The summed E-state index contributed by atoms with van der Waals surface area (Å²) >= 11 is 2.23. The average Bonchev–Trinajstić information content (AvgIpc) is 2.97. The zero-order valence-electron chi connectivity index (χ0n) is 11.5. The van der Waals surface area contributed by atoms with Crippen LogP contribution in [-0.4, -0.2) is 30.0 Å². The first-order valence-corrected chi connectivity index (χ1v) is 8.02. The number of pyridine rings is 1. The topological polar surface area (TPSA) is 45.2 Å². The molecular formula is C16H16IN3O. The fraction of sp³-hybridized carbons (Fsp3) is 0.250. The van der Waals surface area contributed by atoms with Gasteiger partial charge in [-0.3, -0.25) is 4.79 Å². The van der Waals surface area contributed by atoms with Crippen molar-refractivity contribution in [3.05, 3.63) is 57.8 Å². The highest BCUT2D eigenvalue weighted by Gasteiger charge is 2.24. The SMILES string of the molecule is O=C(NC1CCN(c2ccccn2)C1)c1ccc(I)cc1. The second-order valence-electron chi connectivity index (χ2n) is 5.10. The molecule has 1 saturated heterocycles. The molecular weight excluding hydrogens is 377 g/mol. The molecule has 1 aliphatic rings. The highest BCUT2D eigenvalue weighted by Crippen LogP contribution is 2.17. The first-order valence-electron chi connectivity index (χ1n) is 6.95. The van der Waals surface area contributed by atoms with Gasteiger partial charge in [0.2, 0.25) is 0 Å². The minimum absolute atomic E-state index is 0.000675. The molecule has 1 aromatic heterocycles. The second kappa shape index (κ2) is 6.43. The molecule has 2 heterocycles. The molecule has 1 fully saturated rings. The maximum atomic E-state index is 12.2. The lowest BCUT2D eigenvalue weighted by Crippen LogP contribution is -2.37. The van der Waals surface area contributed by atoms with Crippen LogP contribution in [-0.2, 0) is 0 Å². The third-order valence-corrected chi connectivity index (χ3v) is 4.32. The molecule has 3 rings (SSSR count). The molecule has 1 aromatic carbocycles. The Bertz CT molecular complexity index is 615. The van der Waals surface area contributed by atoms with Crippen molar-refractivity contribution in [3.8, 4) is 0 Å². The van der Waals surface area contributed by atoms with Crippen LogP contribution in [0.25, 0.3) is 0 Å². The summed E-state index contributed by atoms with van der Waals surface area (Å²) in [4.78, 5) is 18.8. The lowest BCUT2D eigenvalue weighted by Gasteiger charge is -2.17. The highest BCUT2D eigenvalue weighted by molar-refractivity contribution is 14.1. The predicted molar refractivity (Wildman–Crippen MR) is 91.5 cm³/mol. The Morgan fingerprint density at radius 1 is 1.24 bits per heavy atom. The van der Waals surface area contributed by atoms with E-state index in [-0.39, 0.29) is 11.9 Å². The summed E-state index contributed by atoms with van der Waals surface area (Å²) in [5.41, 5.74) is 0.715. The van der Waals surface area contributed by atoms with Crippen LogP contribution >= 0.6 is 22.6 Å². The van der Waals surface area contributed by atoms with Gasteiger partial charge in [-0.1, -0.05) is 6.07 Å². The molecule has 0 saturated carbocycles. The Labute approximate surface area is 137 Å². The van der Waals surface area contributed by atoms with Crippen molar-refractivity contribution in [1.82, 2.24) is 10.3 Å². The largest absolute Gasteiger partial charge is 0.354 e. The standard InChI is InChI=1S/C16H16IN3O/c17-13-6-4-12(5-7-13)16(21)19-14-8-10-20(11-14)15-3-1-2-9-18-15/h1-7,9,14H,8,10-11H2,(H,19,21). The fourth-order valence-corrected chi connectivity index (χ4v) is 2.86. The Balaban J connectivity index is 1.60. The molecule has 4 nitrogen and oxygen atoms in total. The van der Waals surface area contributed by atoms with Crippen LogP contribution in [0.2, 0.25) is 0 Å². The number of rotatable bonds is 3. The monoisotopic (exact) mass is 393 g/mol. The van der Waals surface area contributed by atoms with Crippen molar-refractivity contribution in [1.29, 1.82) is 0 Å². The molecule has 5 heteroatoms. The maximum absolute atomic E-state index is 12.2.